The van der Waals surface area contributed by atoms with Crippen LogP contribution in [-0.2, 0) is 37.3 Å². The van der Waals surface area contributed by atoms with Crippen molar-refractivity contribution in [3.05, 3.63) is 119 Å². The lowest BCUT2D eigenvalue weighted by atomic mass is 9.72. The maximum absolute atomic E-state index is 11.5. The Morgan fingerprint density at radius 2 is 1.05 bits per heavy atom. The van der Waals surface area contributed by atoms with Gasteiger partial charge >= 0.3 is 11.9 Å². The maximum Gasteiger partial charge on any atom is 0.373 e. The van der Waals surface area contributed by atoms with E-state index in [4.69, 9.17) is 18.9 Å². The molecule has 0 atom stereocenters. The summed E-state index contributed by atoms with van der Waals surface area (Å²) in [5.74, 6) is -0.813. The number of allylic oxidation sites excluding steroid dienone is 2. The van der Waals surface area contributed by atoms with Crippen molar-refractivity contribution in [3.8, 4) is 11.5 Å². The third-order valence-corrected chi connectivity index (χ3v) is 7.46. The topological polar surface area (TPSA) is 112 Å². The van der Waals surface area contributed by atoms with E-state index >= 15 is 0 Å². The van der Waals surface area contributed by atoms with Crippen LogP contribution in [0.4, 0.5) is 0 Å². The molecule has 0 amide bonds. The first-order chi connectivity index (χ1) is 20.9. The molecule has 8 nitrogen and oxygen atoms in total. The molecule has 1 aliphatic carbocycles. The molecule has 0 aliphatic heterocycles. The van der Waals surface area contributed by atoms with E-state index in [1.165, 1.54) is 34.4 Å². The molecule has 4 rings (SSSR count). The van der Waals surface area contributed by atoms with E-state index in [-0.39, 0.29) is 18.6 Å². The maximum atomic E-state index is 11.5. The average molecular weight is 587 g/mol. The van der Waals surface area contributed by atoms with Crippen LogP contribution in [0.2, 0.25) is 0 Å². The Balaban J connectivity index is 1.38. The largest absolute Gasteiger partial charge is 0.502 e. The minimum atomic E-state index is -0.737. The summed E-state index contributed by atoms with van der Waals surface area (Å²) in [7, 11) is 0. The lowest BCUT2D eigenvalue weighted by Crippen LogP contribution is -2.28. The molecule has 0 saturated heterocycles. The van der Waals surface area contributed by atoms with Gasteiger partial charge in [0.15, 0.2) is 11.5 Å². The lowest BCUT2D eigenvalue weighted by Gasteiger charge is -2.31. The predicted octanol–water partition coefficient (Wildman–Crippen LogP) is 6.32. The van der Waals surface area contributed by atoms with Gasteiger partial charge in [-0.05, 0) is 85.4 Å². The van der Waals surface area contributed by atoms with Crippen molar-refractivity contribution in [2.75, 3.05) is 26.4 Å². The Morgan fingerprint density at radius 1 is 0.651 bits per heavy atom. The number of hydrogen-bond donors (Lipinski definition) is 2. The highest BCUT2D eigenvalue weighted by Crippen LogP contribution is 2.45. The highest BCUT2D eigenvalue weighted by molar-refractivity contribution is 5.85. The minimum absolute atomic E-state index is 0.157. The Kier molecular flexibility index (Phi) is 10.9. The molecule has 0 unspecified atom stereocenters. The van der Waals surface area contributed by atoms with Crippen LogP contribution < -0.4 is 9.47 Å². The molecular weight excluding hydrogens is 548 g/mol. The highest BCUT2D eigenvalue weighted by Gasteiger charge is 2.40. The molecule has 1 aliphatic rings. The molecule has 3 aromatic carbocycles. The molecule has 0 fully saturated rings. The number of aliphatic hydroxyl groups is 2. The second-order valence-corrected chi connectivity index (χ2v) is 10.3. The van der Waals surface area contributed by atoms with Crippen LogP contribution in [-0.4, -0.2) is 48.6 Å². The van der Waals surface area contributed by atoms with Gasteiger partial charge in [-0.2, -0.15) is 0 Å². The van der Waals surface area contributed by atoms with Crippen molar-refractivity contribution >= 4 is 11.9 Å². The average Bonchev–Trinajstić information content (AvgIpc) is 3.45. The number of hydrogen-bond acceptors (Lipinski definition) is 8. The molecule has 0 spiro atoms. The monoisotopic (exact) mass is 586 g/mol. The van der Waals surface area contributed by atoms with Crippen molar-refractivity contribution in [1.82, 2.24) is 0 Å². The quantitative estimate of drug-likeness (QED) is 0.0977. The molecule has 2 N–H and O–H groups in total. The van der Waals surface area contributed by atoms with Crippen molar-refractivity contribution < 1.29 is 38.7 Å². The van der Waals surface area contributed by atoms with E-state index < -0.39 is 23.5 Å². The Morgan fingerprint density at radius 3 is 1.42 bits per heavy atom. The second-order valence-electron chi connectivity index (χ2n) is 10.3. The van der Waals surface area contributed by atoms with Crippen LogP contribution in [0.25, 0.3) is 0 Å². The number of carbonyl (C=O) groups excluding carboxylic acids is 2. The Bertz CT molecular complexity index is 1330. The number of ether oxygens (including phenoxy) is 4. The summed E-state index contributed by atoms with van der Waals surface area (Å²) in [5, 5.41) is 18.7. The van der Waals surface area contributed by atoms with Gasteiger partial charge in [0.25, 0.3) is 0 Å². The molecule has 0 radical (unpaired) electrons. The van der Waals surface area contributed by atoms with Crippen LogP contribution >= 0.6 is 0 Å². The number of fused-ring (bicyclic) bond motifs is 1. The smallest absolute Gasteiger partial charge is 0.373 e. The highest BCUT2D eigenvalue weighted by atomic mass is 16.6. The van der Waals surface area contributed by atoms with E-state index in [2.05, 4.69) is 48.5 Å². The van der Waals surface area contributed by atoms with Crippen molar-refractivity contribution in [3.63, 3.8) is 0 Å². The summed E-state index contributed by atoms with van der Waals surface area (Å²) in [4.78, 5) is 23.0. The molecule has 0 heterocycles. The summed E-state index contributed by atoms with van der Waals surface area (Å²) in [6.07, 6.45) is 5.34. The van der Waals surface area contributed by atoms with Gasteiger partial charge in [0.05, 0.1) is 26.4 Å². The van der Waals surface area contributed by atoms with E-state index in [1.807, 2.05) is 24.3 Å². The summed E-state index contributed by atoms with van der Waals surface area (Å²) in [6, 6.07) is 24.9. The first-order valence-corrected chi connectivity index (χ1v) is 14.4. The van der Waals surface area contributed by atoms with Crippen LogP contribution in [0, 0.1) is 0 Å². The lowest BCUT2D eigenvalue weighted by molar-refractivity contribution is -0.143. The van der Waals surface area contributed by atoms with Crippen LogP contribution in [0.5, 0.6) is 11.5 Å². The van der Waals surface area contributed by atoms with Crippen LogP contribution in [0.15, 0.2) is 96.5 Å². The summed E-state index contributed by atoms with van der Waals surface area (Å²) < 4.78 is 21.7. The SMILES string of the molecule is CC=C(O)C(=O)OCCCOc1ccc(C2(c3ccc(OCCCOC(=O)C(O)=CC)cc3)Cc3ccccc3C2)cc1. The molecule has 8 heteroatoms. The molecule has 43 heavy (non-hydrogen) atoms. The van der Waals surface area contributed by atoms with Crippen molar-refractivity contribution in [2.45, 2.75) is 44.9 Å². The second kappa shape index (κ2) is 15.0. The molecule has 226 valence electrons. The van der Waals surface area contributed by atoms with Gasteiger partial charge in [-0.1, -0.05) is 48.5 Å². The standard InChI is InChI=1S/C35H38O8/c1-3-31(36)33(38)42-21-7-19-40-29-15-11-27(12-16-29)35(23-25-9-5-6-10-26(25)24-35)28-13-17-30(18-14-28)41-20-8-22-43-34(39)32(37)4-2/h3-6,9-18,36-37H,7-8,19-24H2,1-2H3. The number of benzene rings is 3. The molecular formula is C35H38O8. The third-order valence-electron chi connectivity index (χ3n) is 7.46. The van der Waals surface area contributed by atoms with Crippen molar-refractivity contribution in [2.24, 2.45) is 0 Å². The number of esters is 2. The summed E-state index contributed by atoms with van der Waals surface area (Å²) in [6.45, 7) is 4.20. The van der Waals surface area contributed by atoms with E-state index in [0.717, 1.165) is 24.3 Å². The van der Waals surface area contributed by atoms with Gasteiger partial charge in [0, 0.05) is 18.3 Å². The van der Waals surface area contributed by atoms with Gasteiger partial charge in [0.2, 0.25) is 0 Å². The fraction of sp³-hybridized carbons (Fsp3) is 0.314. The van der Waals surface area contributed by atoms with Gasteiger partial charge in [-0.15, -0.1) is 0 Å². The minimum Gasteiger partial charge on any atom is -0.502 e. The predicted molar refractivity (Wildman–Crippen MR) is 162 cm³/mol. The van der Waals surface area contributed by atoms with Crippen LogP contribution in [0.1, 0.15) is 48.9 Å². The van der Waals surface area contributed by atoms with Gasteiger partial charge < -0.3 is 29.2 Å². The first kappa shape index (κ1) is 31.2. The van der Waals surface area contributed by atoms with Gasteiger partial charge in [0.1, 0.15) is 11.5 Å². The first-order valence-electron chi connectivity index (χ1n) is 14.4. The number of aliphatic hydroxyl groups excluding tert-OH is 2. The number of rotatable bonds is 14. The zero-order valence-corrected chi connectivity index (χ0v) is 24.6. The number of carbonyl (C=O) groups is 2. The molecule has 0 bridgehead atoms. The van der Waals surface area contributed by atoms with E-state index in [1.54, 1.807) is 13.8 Å². The fourth-order valence-corrected chi connectivity index (χ4v) is 5.14. The molecule has 0 saturated carbocycles. The zero-order valence-electron chi connectivity index (χ0n) is 24.6. The Hall–Kier alpha value is -4.72. The van der Waals surface area contributed by atoms with Crippen molar-refractivity contribution in [1.29, 1.82) is 0 Å². The van der Waals surface area contributed by atoms with Gasteiger partial charge in [-0.25, -0.2) is 9.59 Å². The third kappa shape index (κ3) is 7.97. The van der Waals surface area contributed by atoms with E-state index in [0.29, 0.717) is 26.1 Å². The van der Waals surface area contributed by atoms with Crippen LogP contribution in [0.3, 0.4) is 0 Å². The summed E-state index contributed by atoms with van der Waals surface area (Å²) >= 11 is 0. The zero-order chi connectivity index (χ0) is 30.7. The molecule has 0 aromatic heterocycles. The molecule has 3 aromatic rings. The Labute approximate surface area is 252 Å². The van der Waals surface area contributed by atoms with E-state index in [9.17, 15) is 19.8 Å². The fourth-order valence-electron chi connectivity index (χ4n) is 5.14. The normalized spacial score (nSPS) is 14.1. The summed E-state index contributed by atoms with van der Waals surface area (Å²) in [5.41, 5.74) is 4.80. The van der Waals surface area contributed by atoms with Gasteiger partial charge in [-0.3, -0.25) is 0 Å².